The monoisotopic (exact) mass is 669 g/mol. The highest BCUT2D eigenvalue weighted by Crippen LogP contribution is 2.38. The van der Waals surface area contributed by atoms with Crippen molar-refractivity contribution in [3.8, 4) is 5.69 Å². The molecule has 1 saturated heterocycles. The van der Waals surface area contributed by atoms with Crippen molar-refractivity contribution in [2.75, 3.05) is 43.4 Å². The van der Waals surface area contributed by atoms with Gasteiger partial charge >= 0.3 is 6.18 Å². The average molecular weight is 669 g/mol. The molecular weight excluding hydrogens is 645 g/mol. The quantitative estimate of drug-likeness (QED) is 0.165. The largest absolute Gasteiger partial charge is 0.419 e. The maximum absolute atomic E-state index is 15.0. The Kier molecular flexibility index (Phi) is 8.92. The van der Waals surface area contributed by atoms with Crippen molar-refractivity contribution in [2.45, 2.75) is 13.1 Å². The summed E-state index contributed by atoms with van der Waals surface area (Å²) in [6, 6.07) is 3.28. The number of aromatic nitrogens is 4. The van der Waals surface area contributed by atoms with Crippen LogP contribution in [-0.2, 0) is 6.18 Å². The Balaban J connectivity index is 1.64. The summed E-state index contributed by atoms with van der Waals surface area (Å²) in [4.78, 5) is 24.7. The number of alkyl halides is 3. The third-order valence-corrected chi connectivity index (χ3v) is 6.90. The molecule has 4 rings (SSSR count). The number of halogens is 5. The minimum absolute atomic E-state index is 0.0479. The minimum atomic E-state index is -4.95. The van der Waals surface area contributed by atoms with E-state index in [2.05, 4.69) is 25.6 Å². The van der Waals surface area contributed by atoms with Crippen molar-refractivity contribution in [1.29, 1.82) is 5.41 Å². The molecule has 1 aliphatic heterocycles. The number of hydrogen-bond donors (Lipinski definition) is 2. The van der Waals surface area contributed by atoms with E-state index in [1.807, 2.05) is 34.5 Å². The number of piperazine rings is 1. The maximum Gasteiger partial charge on any atom is 0.419 e. The number of aliphatic imine (C=N–C) groups is 1. The zero-order chi connectivity index (χ0) is 29.0. The van der Waals surface area contributed by atoms with Crippen LogP contribution in [-0.4, -0.2) is 76.6 Å². The lowest BCUT2D eigenvalue weighted by Crippen LogP contribution is -2.45. The highest BCUT2D eigenvalue weighted by atomic mass is 127. The molecule has 1 aliphatic rings. The summed E-state index contributed by atoms with van der Waals surface area (Å²) in [5.41, 5.74) is 0.159. The molecule has 0 spiro atoms. The van der Waals surface area contributed by atoms with Gasteiger partial charge in [-0.2, -0.15) is 13.2 Å². The lowest BCUT2D eigenvalue weighted by Gasteiger charge is -2.34. The fraction of sp³-hybridized carbons (Fsp3) is 0.280. The normalized spacial score (nSPS) is 15.1. The summed E-state index contributed by atoms with van der Waals surface area (Å²) in [5, 5.41) is 17.7. The van der Waals surface area contributed by atoms with Crippen LogP contribution in [0.2, 0.25) is 0 Å². The molecule has 3 aromatic rings. The number of anilines is 2. The van der Waals surface area contributed by atoms with Crippen LogP contribution in [0.4, 0.5) is 28.9 Å². The predicted octanol–water partition coefficient (Wildman–Crippen LogP) is 4.59. The summed E-state index contributed by atoms with van der Waals surface area (Å²) in [5.74, 6) is -2.11. The molecule has 40 heavy (non-hydrogen) atoms. The van der Waals surface area contributed by atoms with Gasteiger partial charge in [0.15, 0.2) is 5.82 Å². The highest BCUT2D eigenvalue weighted by Gasteiger charge is 2.37. The summed E-state index contributed by atoms with van der Waals surface area (Å²) in [7, 11) is 1.88. The van der Waals surface area contributed by atoms with Gasteiger partial charge in [0.25, 0.3) is 5.91 Å². The molecule has 0 bridgehead atoms. The molecule has 0 unspecified atom stereocenters. The topological polar surface area (TPSA) is 115 Å². The Labute approximate surface area is 240 Å². The number of nitrogens with zero attached hydrogens (tertiary/aromatic N) is 7. The third-order valence-electron chi connectivity index (χ3n) is 6.22. The molecule has 10 nitrogen and oxygen atoms in total. The third kappa shape index (κ3) is 6.52. The van der Waals surface area contributed by atoms with E-state index in [1.54, 1.807) is 22.1 Å². The molecule has 1 fully saturated rings. The summed E-state index contributed by atoms with van der Waals surface area (Å²) < 4.78 is 59.2. The maximum atomic E-state index is 15.0. The van der Waals surface area contributed by atoms with E-state index in [4.69, 9.17) is 5.41 Å². The Morgan fingerprint density at radius 2 is 1.90 bits per heavy atom. The van der Waals surface area contributed by atoms with E-state index >= 15 is 0 Å². The number of allylic oxidation sites excluding steroid dienone is 1. The minimum Gasteiger partial charge on any atom is -0.367 e. The van der Waals surface area contributed by atoms with E-state index in [9.17, 15) is 22.4 Å². The smallest absolute Gasteiger partial charge is 0.367 e. The zero-order valence-corrected chi connectivity index (χ0v) is 23.5. The number of rotatable bonds is 7. The van der Waals surface area contributed by atoms with Crippen LogP contribution in [0.5, 0.6) is 0 Å². The van der Waals surface area contributed by atoms with Crippen LogP contribution in [0.15, 0.2) is 39.7 Å². The van der Waals surface area contributed by atoms with E-state index < -0.39 is 23.5 Å². The van der Waals surface area contributed by atoms with Gasteiger partial charge in [-0.1, -0.05) is 27.8 Å². The van der Waals surface area contributed by atoms with Gasteiger partial charge in [0.2, 0.25) is 0 Å². The summed E-state index contributed by atoms with van der Waals surface area (Å²) in [6.45, 7) is 3.50. The van der Waals surface area contributed by atoms with Crippen LogP contribution in [0, 0.1) is 18.2 Å². The molecular formula is C25H24F4IN9O. The van der Waals surface area contributed by atoms with Crippen molar-refractivity contribution in [2.24, 2.45) is 4.99 Å². The second-order valence-corrected chi connectivity index (χ2v) is 9.57. The lowest BCUT2D eigenvalue weighted by molar-refractivity contribution is -0.139. The predicted molar refractivity (Wildman–Crippen MR) is 152 cm³/mol. The Morgan fingerprint density at radius 3 is 2.55 bits per heavy atom. The van der Waals surface area contributed by atoms with Gasteiger partial charge in [0.05, 0.1) is 34.4 Å². The molecule has 0 radical (unpaired) electrons. The molecule has 2 N–H and O–H groups in total. The summed E-state index contributed by atoms with van der Waals surface area (Å²) in [6.07, 6.45) is 0.243. The highest BCUT2D eigenvalue weighted by molar-refractivity contribution is 14.1. The Bertz CT molecular complexity index is 1480. The van der Waals surface area contributed by atoms with Crippen molar-refractivity contribution in [3.63, 3.8) is 0 Å². The van der Waals surface area contributed by atoms with Gasteiger partial charge in [-0.25, -0.2) is 14.1 Å². The second kappa shape index (κ2) is 12.2. The van der Waals surface area contributed by atoms with Crippen LogP contribution >= 0.6 is 22.6 Å². The molecule has 210 valence electrons. The number of amides is 1. The van der Waals surface area contributed by atoms with Gasteiger partial charge in [-0.3, -0.25) is 15.2 Å². The van der Waals surface area contributed by atoms with Gasteiger partial charge < -0.3 is 15.1 Å². The average Bonchev–Trinajstić information content (AvgIpc) is 3.40. The first-order chi connectivity index (χ1) is 19.0. The molecule has 2 aromatic heterocycles. The molecule has 15 heteroatoms. The number of hydrogen-bond acceptors (Lipinski definition) is 7. The van der Waals surface area contributed by atoms with Crippen molar-refractivity contribution >= 4 is 58.0 Å². The van der Waals surface area contributed by atoms with Crippen LogP contribution in [0.3, 0.4) is 0 Å². The molecule has 1 aromatic carbocycles. The number of carbonyl (C=O) groups is 1. The standard InChI is InChI=1S/C25H24F4IN9O/c1-15-21(39-13-20(35-36-39)17(10-30)11-32-14-31)7-16(12-33-15)24(40)34-18-8-19(25(27,28)29)23(26)22(9-18)38-5-3-37(2)4-6-38/h7-14,31H,3-6H2,1-2H3,(H,34,40)/b17-10+,31-14?,32-11-. The lowest BCUT2D eigenvalue weighted by atomic mass is 10.1. The van der Waals surface area contributed by atoms with E-state index in [-0.39, 0.29) is 16.9 Å². The number of nitrogens with one attached hydrogen (secondary N) is 2. The number of likely N-dealkylation sites (N-methyl/N-ethyl adjacent to an activating group) is 1. The number of aryl methyl sites for hydroxylation is 1. The van der Waals surface area contributed by atoms with Crippen molar-refractivity contribution in [1.82, 2.24) is 24.9 Å². The van der Waals surface area contributed by atoms with E-state index in [0.29, 0.717) is 54.9 Å². The summed E-state index contributed by atoms with van der Waals surface area (Å²) >= 11 is 2.00. The van der Waals surface area contributed by atoms with Crippen LogP contribution < -0.4 is 10.2 Å². The number of pyridine rings is 1. The molecule has 0 aliphatic carbocycles. The fourth-order valence-corrected chi connectivity index (χ4v) is 4.51. The van der Waals surface area contributed by atoms with E-state index in [0.717, 1.165) is 6.34 Å². The van der Waals surface area contributed by atoms with E-state index in [1.165, 1.54) is 29.2 Å². The van der Waals surface area contributed by atoms with Gasteiger partial charge in [-0.05, 0) is 36.3 Å². The molecule has 0 atom stereocenters. The number of benzene rings is 1. The molecule has 3 heterocycles. The second-order valence-electron chi connectivity index (χ2n) is 8.95. The van der Waals surface area contributed by atoms with Crippen LogP contribution in [0.1, 0.15) is 27.3 Å². The SMILES string of the molecule is Cc1ncc(C(=O)Nc2cc(N3CCN(C)CC3)c(F)c(C(F)(F)F)c2)cc1-n1cc(C(/C=N\C=N)=C/I)nn1. The Morgan fingerprint density at radius 1 is 1.18 bits per heavy atom. The first kappa shape index (κ1) is 29.3. The Hall–Kier alpha value is -3.73. The zero-order valence-electron chi connectivity index (χ0n) is 21.4. The first-order valence-corrected chi connectivity index (χ1v) is 13.1. The van der Waals surface area contributed by atoms with Crippen LogP contribution in [0.25, 0.3) is 11.3 Å². The van der Waals surface area contributed by atoms with Gasteiger partial charge in [0.1, 0.15) is 12.0 Å². The van der Waals surface area contributed by atoms with Gasteiger partial charge in [0, 0.05) is 49.9 Å². The fourth-order valence-electron chi connectivity index (χ4n) is 4.03. The molecule has 1 amide bonds. The first-order valence-electron chi connectivity index (χ1n) is 11.9. The van der Waals surface area contributed by atoms with Crippen molar-refractivity contribution in [3.05, 3.63) is 63.0 Å². The van der Waals surface area contributed by atoms with Crippen molar-refractivity contribution < 1.29 is 22.4 Å². The molecule has 0 saturated carbocycles. The number of carbonyl (C=O) groups excluding carboxylic acids is 1. The van der Waals surface area contributed by atoms with Gasteiger partial charge in [-0.15, -0.1) is 5.10 Å².